The Morgan fingerprint density at radius 3 is 2.53 bits per heavy atom. The van der Waals surface area contributed by atoms with Crippen LogP contribution in [0.15, 0.2) is 24.3 Å². The first kappa shape index (κ1) is 14.1. The lowest BCUT2D eigenvalue weighted by Gasteiger charge is -2.35. The van der Waals surface area contributed by atoms with Crippen molar-refractivity contribution in [2.24, 2.45) is 11.8 Å². The molecule has 0 saturated carbocycles. The zero-order valence-corrected chi connectivity index (χ0v) is 12.1. The molecule has 0 radical (unpaired) electrons. The van der Waals surface area contributed by atoms with Gasteiger partial charge in [-0.15, -0.1) is 0 Å². The number of nitrogens with zero attached hydrogens (tertiary/aromatic N) is 1. The van der Waals surface area contributed by atoms with Crippen LogP contribution in [0.3, 0.4) is 0 Å². The normalized spacial score (nSPS) is 24.2. The van der Waals surface area contributed by atoms with Crippen LogP contribution in [0.2, 0.25) is 0 Å². The molecule has 0 N–H and O–H groups in total. The maximum Gasteiger partial charge on any atom is 0.337 e. The van der Waals surface area contributed by atoms with E-state index in [-0.39, 0.29) is 5.97 Å². The summed E-state index contributed by atoms with van der Waals surface area (Å²) in [5.41, 5.74) is 1.88. The number of benzene rings is 1. The van der Waals surface area contributed by atoms with Gasteiger partial charge in [-0.1, -0.05) is 26.0 Å². The molecule has 1 aromatic carbocycles. The van der Waals surface area contributed by atoms with Crippen LogP contribution in [-0.2, 0) is 11.3 Å². The van der Waals surface area contributed by atoms with Gasteiger partial charge in [-0.2, -0.15) is 0 Å². The Balaban J connectivity index is 1.94. The summed E-state index contributed by atoms with van der Waals surface area (Å²) in [6, 6.07) is 7.73. The van der Waals surface area contributed by atoms with E-state index < -0.39 is 0 Å². The van der Waals surface area contributed by atoms with Crippen molar-refractivity contribution in [3.63, 3.8) is 0 Å². The lowest BCUT2D eigenvalue weighted by molar-refractivity contribution is 0.0600. The van der Waals surface area contributed by atoms with E-state index >= 15 is 0 Å². The molecule has 0 amide bonds. The van der Waals surface area contributed by atoms with E-state index in [4.69, 9.17) is 4.74 Å². The van der Waals surface area contributed by atoms with Gasteiger partial charge in [0.25, 0.3) is 0 Å². The fourth-order valence-electron chi connectivity index (χ4n) is 2.62. The zero-order chi connectivity index (χ0) is 13.8. The van der Waals surface area contributed by atoms with Gasteiger partial charge in [-0.25, -0.2) is 4.79 Å². The SMILES string of the molecule is COC(=O)c1ccc(CN2CCC(C)C(C)C2)cc1. The van der Waals surface area contributed by atoms with Crippen LogP contribution in [0.1, 0.15) is 36.2 Å². The number of rotatable bonds is 3. The van der Waals surface area contributed by atoms with E-state index in [0.717, 1.165) is 18.4 Å². The van der Waals surface area contributed by atoms with E-state index in [1.807, 2.05) is 24.3 Å². The molecule has 1 aromatic rings. The fraction of sp³-hybridized carbons (Fsp3) is 0.562. The van der Waals surface area contributed by atoms with Gasteiger partial charge in [-0.3, -0.25) is 4.90 Å². The summed E-state index contributed by atoms with van der Waals surface area (Å²) in [7, 11) is 1.41. The Morgan fingerprint density at radius 2 is 1.95 bits per heavy atom. The van der Waals surface area contributed by atoms with Gasteiger partial charge >= 0.3 is 5.97 Å². The summed E-state index contributed by atoms with van der Waals surface area (Å²) >= 11 is 0. The van der Waals surface area contributed by atoms with Gasteiger partial charge in [0, 0.05) is 13.1 Å². The highest BCUT2D eigenvalue weighted by Gasteiger charge is 2.22. The smallest absolute Gasteiger partial charge is 0.337 e. The van der Waals surface area contributed by atoms with Crippen LogP contribution in [-0.4, -0.2) is 31.1 Å². The minimum Gasteiger partial charge on any atom is -0.465 e. The second kappa shape index (κ2) is 6.20. The molecule has 1 fully saturated rings. The molecule has 1 aliphatic heterocycles. The lowest BCUT2D eigenvalue weighted by Crippen LogP contribution is -2.37. The van der Waals surface area contributed by atoms with Gasteiger partial charge in [0.05, 0.1) is 12.7 Å². The Labute approximate surface area is 115 Å². The number of esters is 1. The molecule has 2 unspecified atom stereocenters. The maximum absolute atomic E-state index is 11.4. The lowest BCUT2D eigenvalue weighted by atomic mass is 9.88. The Bertz CT molecular complexity index is 427. The summed E-state index contributed by atoms with van der Waals surface area (Å²) in [4.78, 5) is 13.9. The second-order valence-corrected chi connectivity index (χ2v) is 5.67. The van der Waals surface area contributed by atoms with Crippen LogP contribution in [0.25, 0.3) is 0 Å². The second-order valence-electron chi connectivity index (χ2n) is 5.67. The van der Waals surface area contributed by atoms with Crippen LogP contribution in [0, 0.1) is 11.8 Å². The van der Waals surface area contributed by atoms with E-state index in [9.17, 15) is 4.79 Å². The van der Waals surface area contributed by atoms with E-state index in [1.54, 1.807) is 0 Å². The van der Waals surface area contributed by atoms with E-state index in [0.29, 0.717) is 5.56 Å². The van der Waals surface area contributed by atoms with E-state index in [1.165, 1.54) is 32.2 Å². The third-order valence-electron chi connectivity index (χ3n) is 4.20. The Morgan fingerprint density at radius 1 is 1.26 bits per heavy atom. The highest BCUT2D eigenvalue weighted by Crippen LogP contribution is 2.23. The quantitative estimate of drug-likeness (QED) is 0.783. The molecule has 0 aromatic heterocycles. The molecule has 19 heavy (non-hydrogen) atoms. The van der Waals surface area contributed by atoms with Crippen LogP contribution >= 0.6 is 0 Å². The summed E-state index contributed by atoms with van der Waals surface area (Å²) in [6.07, 6.45) is 1.28. The molecule has 2 atom stereocenters. The average Bonchev–Trinajstić information content (AvgIpc) is 2.43. The number of piperidine rings is 1. The molecule has 1 aliphatic rings. The number of carbonyl (C=O) groups is 1. The van der Waals surface area contributed by atoms with Crippen LogP contribution in [0.5, 0.6) is 0 Å². The summed E-state index contributed by atoms with van der Waals surface area (Å²) < 4.78 is 4.70. The average molecular weight is 261 g/mol. The fourth-order valence-corrected chi connectivity index (χ4v) is 2.62. The van der Waals surface area contributed by atoms with Crippen molar-refractivity contribution in [2.75, 3.05) is 20.2 Å². The van der Waals surface area contributed by atoms with Gasteiger partial charge in [0.2, 0.25) is 0 Å². The first-order chi connectivity index (χ1) is 9.10. The predicted octanol–water partition coefficient (Wildman–Crippen LogP) is 2.95. The maximum atomic E-state index is 11.4. The van der Waals surface area contributed by atoms with Gasteiger partial charge in [-0.05, 0) is 42.5 Å². The van der Waals surface area contributed by atoms with Crippen molar-refractivity contribution < 1.29 is 9.53 Å². The third kappa shape index (κ3) is 3.57. The first-order valence-corrected chi connectivity index (χ1v) is 6.99. The number of carbonyl (C=O) groups excluding carboxylic acids is 1. The van der Waals surface area contributed by atoms with Crippen molar-refractivity contribution in [3.05, 3.63) is 35.4 Å². The van der Waals surface area contributed by atoms with E-state index in [2.05, 4.69) is 18.7 Å². The molecule has 3 heteroatoms. The summed E-state index contributed by atoms with van der Waals surface area (Å²) in [6.45, 7) is 7.98. The largest absolute Gasteiger partial charge is 0.465 e. The van der Waals surface area contributed by atoms with Crippen LogP contribution in [0.4, 0.5) is 0 Å². The molecule has 1 heterocycles. The Hall–Kier alpha value is -1.35. The molecular weight excluding hydrogens is 238 g/mol. The minimum atomic E-state index is -0.271. The number of methoxy groups -OCH3 is 1. The van der Waals surface area contributed by atoms with Crippen molar-refractivity contribution in [3.8, 4) is 0 Å². The van der Waals surface area contributed by atoms with Gasteiger partial charge in [0.15, 0.2) is 0 Å². The standard InChI is InChI=1S/C16H23NO2/c1-12-8-9-17(10-13(12)2)11-14-4-6-15(7-5-14)16(18)19-3/h4-7,12-13H,8-11H2,1-3H3. The summed E-state index contributed by atoms with van der Waals surface area (Å²) in [5.74, 6) is 1.33. The number of ether oxygens (including phenoxy) is 1. The molecule has 0 aliphatic carbocycles. The third-order valence-corrected chi connectivity index (χ3v) is 4.20. The van der Waals surface area contributed by atoms with Crippen molar-refractivity contribution in [1.82, 2.24) is 4.90 Å². The van der Waals surface area contributed by atoms with Crippen molar-refractivity contribution in [2.45, 2.75) is 26.8 Å². The number of hydrogen-bond donors (Lipinski definition) is 0. The highest BCUT2D eigenvalue weighted by atomic mass is 16.5. The molecule has 2 rings (SSSR count). The first-order valence-electron chi connectivity index (χ1n) is 6.99. The van der Waals surface area contributed by atoms with Gasteiger partial charge < -0.3 is 4.74 Å². The molecule has 0 spiro atoms. The molecule has 3 nitrogen and oxygen atoms in total. The molecule has 1 saturated heterocycles. The topological polar surface area (TPSA) is 29.5 Å². The molecule has 104 valence electrons. The number of likely N-dealkylation sites (tertiary alicyclic amines) is 1. The monoisotopic (exact) mass is 261 g/mol. The van der Waals surface area contributed by atoms with Crippen LogP contribution < -0.4 is 0 Å². The predicted molar refractivity (Wildman–Crippen MR) is 76.0 cm³/mol. The molecule has 0 bridgehead atoms. The summed E-state index contributed by atoms with van der Waals surface area (Å²) in [5, 5.41) is 0. The zero-order valence-electron chi connectivity index (χ0n) is 12.1. The number of hydrogen-bond acceptors (Lipinski definition) is 3. The minimum absolute atomic E-state index is 0.271. The van der Waals surface area contributed by atoms with Gasteiger partial charge in [0.1, 0.15) is 0 Å². The highest BCUT2D eigenvalue weighted by molar-refractivity contribution is 5.89. The van der Waals surface area contributed by atoms with Crippen molar-refractivity contribution in [1.29, 1.82) is 0 Å². The Kier molecular flexibility index (Phi) is 4.59. The van der Waals surface area contributed by atoms with Crippen molar-refractivity contribution >= 4 is 5.97 Å². The molecular formula is C16H23NO2.